The van der Waals surface area contributed by atoms with E-state index in [1.165, 1.54) is 19.2 Å². The summed E-state index contributed by atoms with van der Waals surface area (Å²) in [5.41, 5.74) is 1.40. The van der Waals surface area contributed by atoms with Crippen molar-refractivity contribution in [2.45, 2.75) is 0 Å². The molecule has 0 unspecified atom stereocenters. The summed E-state index contributed by atoms with van der Waals surface area (Å²) < 4.78 is 23.4. The number of ether oxygens (including phenoxy) is 2. The van der Waals surface area contributed by atoms with E-state index in [1.807, 2.05) is 19.0 Å². The third kappa shape index (κ3) is 4.10. The molecule has 0 fully saturated rings. The molecule has 5 nitrogen and oxygen atoms in total. The van der Waals surface area contributed by atoms with Gasteiger partial charge in [-0.1, -0.05) is 0 Å². The van der Waals surface area contributed by atoms with Crippen molar-refractivity contribution in [3.8, 4) is 5.75 Å². The zero-order valence-corrected chi connectivity index (χ0v) is 13.7. The Kier molecular flexibility index (Phi) is 5.52. The van der Waals surface area contributed by atoms with E-state index in [0.29, 0.717) is 5.56 Å². The lowest BCUT2D eigenvalue weighted by molar-refractivity contribution is 0.0474. The molecule has 0 atom stereocenters. The first kappa shape index (κ1) is 17.5. The van der Waals surface area contributed by atoms with Crippen LogP contribution in [0.5, 0.6) is 5.75 Å². The number of benzene rings is 2. The van der Waals surface area contributed by atoms with E-state index in [0.717, 1.165) is 11.8 Å². The van der Waals surface area contributed by atoms with Gasteiger partial charge >= 0.3 is 5.97 Å². The van der Waals surface area contributed by atoms with E-state index >= 15 is 0 Å². The quantitative estimate of drug-likeness (QED) is 0.602. The van der Waals surface area contributed by atoms with E-state index in [2.05, 4.69) is 0 Å². The second-order valence-electron chi connectivity index (χ2n) is 5.29. The van der Waals surface area contributed by atoms with Gasteiger partial charge in [-0.25, -0.2) is 9.18 Å². The average Bonchev–Trinajstić information content (AvgIpc) is 2.59. The standard InChI is InChI=1S/C18H18FNO4/c1-20(2)14-7-4-12(5-8-14)18(22)24-11-16(21)13-6-9-17(23-3)15(19)10-13/h4-10H,11H2,1-3H3. The number of halogens is 1. The number of nitrogens with zero attached hydrogens (tertiary/aromatic N) is 1. The molecule has 0 aliphatic carbocycles. The highest BCUT2D eigenvalue weighted by Crippen LogP contribution is 2.18. The van der Waals surface area contributed by atoms with Gasteiger partial charge in [0, 0.05) is 25.3 Å². The highest BCUT2D eigenvalue weighted by atomic mass is 19.1. The van der Waals surface area contributed by atoms with Gasteiger partial charge in [0.25, 0.3) is 0 Å². The number of Topliss-reactive ketones (excluding diaryl/α,β-unsaturated/α-hetero) is 1. The van der Waals surface area contributed by atoms with Crippen molar-refractivity contribution in [1.82, 2.24) is 0 Å². The van der Waals surface area contributed by atoms with Gasteiger partial charge in [-0.15, -0.1) is 0 Å². The molecule has 0 aliphatic rings. The molecule has 2 rings (SSSR count). The molecular weight excluding hydrogens is 313 g/mol. The average molecular weight is 331 g/mol. The minimum atomic E-state index is -0.644. The fourth-order valence-electron chi connectivity index (χ4n) is 2.03. The van der Waals surface area contributed by atoms with E-state index in [4.69, 9.17) is 9.47 Å². The number of methoxy groups -OCH3 is 1. The van der Waals surface area contributed by atoms with Crippen LogP contribution in [0, 0.1) is 5.82 Å². The summed E-state index contributed by atoms with van der Waals surface area (Å²) in [7, 11) is 5.11. The molecular formula is C18H18FNO4. The monoisotopic (exact) mass is 331 g/mol. The Bertz CT molecular complexity index is 741. The predicted octanol–water partition coefficient (Wildman–Crippen LogP) is 2.94. The molecule has 0 aliphatic heterocycles. The Morgan fingerprint density at radius 3 is 2.21 bits per heavy atom. The van der Waals surface area contributed by atoms with Gasteiger partial charge in [0.05, 0.1) is 12.7 Å². The summed E-state index contributed by atoms with van der Waals surface area (Å²) in [6.45, 7) is -0.458. The van der Waals surface area contributed by atoms with Crippen LogP contribution in [0.25, 0.3) is 0 Å². The fourth-order valence-corrected chi connectivity index (χ4v) is 2.03. The summed E-state index contributed by atoms with van der Waals surface area (Å²) >= 11 is 0. The molecule has 0 heterocycles. The van der Waals surface area contributed by atoms with Crippen molar-refractivity contribution >= 4 is 17.4 Å². The van der Waals surface area contributed by atoms with Crippen LogP contribution in [0.4, 0.5) is 10.1 Å². The van der Waals surface area contributed by atoms with Crippen LogP contribution in [0.1, 0.15) is 20.7 Å². The lowest BCUT2D eigenvalue weighted by Gasteiger charge is -2.12. The number of hydrogen-bond acceptors (Lipinski definition) is 5. The lowest BCUT2D eigenvalue weighted by atomic mass is 10.1. The zero-order chi connectivity index (χ0) is 17.7. The summed E-state index contributed by atoms with van der Waals surface area (Å²) in [4.78, 5) is 25.8. The smallest absolute Gasteiger partial charge is 0.338 e. The fraction of sp³-hybridized carbons (Fsp3) is 0.222. The number of carbonyl (C=O) groups is 2. The van der Waals surface area contributed by atoms with Gasteiger partial charge in [-0.3, -0.25) is 4.79 Å². The molecule has 0 saturated carbocycles. The van der Waals surface area contributed by atoms with Crippen LogP contribution < -0.4 is 9.64 Å². The molecule has 0 spiro atoms. The molecule has 0 aromatic heterocycles. The van der Waals surface area contributed by atoms with Gasteiger partial charge in [-0.05, 0) is 42.5 Å². The second-order valence-corrected chi connectivity index (χ2v) is 5.29. The summed E-state index contributed by atoms with van der Waals surface area (Å²) in [5.74, 6) is -1.70. The van der Waals surface area contributed by atoms with Crippen LogP contribution in [0.15, 0.2) is 42.5 Å². The molecule has 2 aromatic rings. The SMILES string of the molecule is COc1ccc(C(=O)COC(=O)c2ccc(N(C)C)cc2)cc1F. The second kappa shape index (κ2) is 7.59. The van der Waals surface area contributed by atoms with Crippen molar-refractivity contribution in [3.63, 3.8) is 0 Å². The van der Waals surface area contributed by atoms with Crippen LogP contribution in [-0.4, -0.2) is 39.6 Å². The molecule has 6 heteroatoms. The number of hydrogen-bond donors (Lipinski definition) is 0. The summed E-state index contributed by atoms with van der Waals surface area (Å²) in [6, 6.07) is 10.6. The number of ketones is 1. The number of anilines is 1. The molecule has 24 heavy (non-hydrogen) atoms. The zero-order valence-electron chi connectivity index (χ0n) is 13.7. The number of esters is 1. The maximum atomic E-state index is 13.6. The first-order valence-electron chi connectivity index (χ1n) is 7.23. The lowest BCUT2D eigenvalue weighted by Crippen LogP contribution is -2.15. The third-order valence-electron chi connectivity index (χ3n) is 3.43. The minimum Gasteiger partial charge on any atom is -0.494 e. The van der Waals surface area contributed by atoms with Gasteiger partial charge < -0.3 is 14.4 Å². The van der Waals surface area contributed by atoms with Crippen molar-refractivity contribution in [1.29, 1.82) is 0 Å². The predicted molar refractivity (Wildman–Crippen MR) is 88.3 cm³/mol. The Morgan fingerprint density at radius 1 is 1.04 bits per heavy atom. The van der Waals surface area contributed by atoms with Crippen molar-refractivity contribution < 1.29 is 23.5 Å². The minimum absolute atomic E-state index is 0.0459. The summed E-state index contributed by atoms with van der Waals surface area (Å²) in [5, 5.41) is 0. The normalized spacial score (nSPS) is 10.2. The van der Waals surface area contributed by atoms with E-state index in [9.17, 15) is 14.0 Å². The van der Waals surface area contributed by atoms with Crippen molar-refractivity contribution in [3.05, 3.63) is 59.4 Å². The van der Waals surface area contributed by atoms with E-state index in [-0.39, 0.29) is 11.3 Å². The molecule has 0 N–H and O–H groups in total. The molecule has 0 saturated heterocycles. The third-order valence-corrected chi connectivity index (χ3v) is 3.43. The molecule has 0 bridgehead atoms. The van der Waals surface area contributed by atoms with Gasteiger partial charge in [0.2, 0.25) is 0 Å². The Hall–Kier alpha value is -2.89. The highest BCUT2D eigenvalue weighted by Gasteiger charge is 2.14. The maximum absolute atomic E-state index is 13.6. The van der Waals surface area contributed by atoms with Crippen LogP contribution >= 0.6 is 0 Å². The molecule has 0 amide bonds. The molecule has 0 radical (unpaired) electrons. The van der Waals surface area contributed by atoms with Gasteiger partial charge in [0.1, 0.15) is 0 Å². The van der Waals surface area contributed by atoms with Crippen LogP contribution in [0.2, 0.25) is 0 Å². The Morgan fingerprint density at radius 2 is 1.67 bits per heavy atom. The van der Waals surface area contributed by atoms with E-state index in [1.54, 1.807) is 24.3 Å². The molecule has 2 aromatic carbocycles. The Labute approximate surface area is 139 Å². The van der Waals surface area contributed by atoms with Crippen molar-refractivity contribution in [2.24, 2.45) is 0 Å². The first-order valence-corrected chi connectivity index (χ1v) is 7.23. The highest BCUT2D eigenvalue weighted by molar-refractivity contribution is 5.99. The Balaban J connectivity index is 1.98. The van der Waals surface area contributed by atoms with Gasteiger partial charge in [0.15, 0.2) is 24.0 Å². The van der Waals surface area contributed by atoms with Crippen molar-refractivity contribution in [2.75, 3.05) is 32.7 Å². The topological polar surface area (TPSA) is 55.8 Å². The largest absolute Gasteiger partial charge is 0.494 e. The molecule has 126 valence electrons. The number of carbonyl (C=O) groups excluding carboxylic acids is 2. The van der Waals surface area contributed by atoms with E-state index < -0.39 is 24.2 Å². The first-order chi connectivity index (χ1) is 11.4. The van der Waals surface area contributed by atoms with Crippen LogP contribution in [-0.2, 0) is 4.74 Å². The number of rotatable bonds is 6. The maximum Gasteiger partial charge on any atom is 0.338 e. The summed E-state index contributed by atoms with van der Waals surface area (Å²) in [6.07, 6.45) is 0. The van der Waals surface area contributed by atoms with Crippen LogP contribution in [0.3, 0.4) is 0 Å². The van der Waals surface area contributed by atoms with Gasteiger partial charge in [-0.2, -0.15) is 0 Å².